The van der Waals surface area contributed by atoms with E-state index < -0.39 is 33.5 Å². The Balaban J connectivity index is 2.04. The van der Waals surface area contributed by atoms with E-state index in [9.17, 15) is 27.1 Å². The number of benzene rings is 1. The van der Waals surface area contributed by atoms with E-state index in [-0.39, 0.29) is 28.1 Å². The molecule has 0 radical (unpaired) electrons. The van der Waals surface area contributed by atoms with E-state index in [0.717, 1.165) is 36.7 Å². The van der Waals surface area contributed by atoms with Gasteiger partial charge in [-0.15, -0.1) is 11.3 Å². The lowest BCUT2D eigenvalue weighted by molar-refractivity contribution is 0.0694. The monoisotopic (exact) mass is 515 g/mol. The number of hydrogen-bond donors (Lipinski definition) is 3. The second-order valence-corrected chi connectivity index (χ2v) is 12.3. The number of hydrogen-bond acceptors (Lipinski definition) is 6. The third-order valence-corrected chi connectivity index (χ3v) is 8.27. The lowest BCUT2D eigenvalue weighted by Crippen LogP contribution is -2.38. The molecule has 0 saturated heterocycles. The number of nitrogens with one attached hydrogen (secondary N) is 2. The maximum Gasteiger partial charge on any atom is 0.280 e. The van der Waals surface area contributed by atoms with Gasteiger partial charge in [0.25, 0.3) is 12.3 Å². The molecule has 0 atom stereocenters. The molecule has 1 aromatic heterocycles. The highest BCUT2D eigenvalue weighted by atomic mass is 32.2. The van der Waals surface area contributed by atoms with Crippen LogP contribution < -0.4 is 10.0 Å². The summed E-state index contributed by atoms with van der Waals surface area (Å²) in [4.78, 5) is 17.3. The summed E-state index contributed by atoms with van der Waals surface area (Å²) in [6.45, 7) is 6.42. The van der Waals surface area contributed by atoms with Crippen molar-refractivity contribution in [2.24, 2.45) is 5.92 Å². The fraction of sp³-hybridized carbons (Fsp3) is 0.565. The van der Waals surface area contributed by atoms with Gasteiger partial charge in [-0.25, -0.2) is 26.9 Å². The van der Waals surface area contributed by atoms with Crippen LogP contribution in [0.3, 0.4) is 0 Å². The normalized spacial score (nSPS) is 15.1. The SMILES string of the molecule is CC(C)NS(=O)(=O)c1ccc(-c2sc(C(=O)NCC(C)(C)O)nc2CC2CCC2)c(C(F)F)c1. The van der Waals surface area contributed by atoms with Crippen molar-refractivity contribution in [1.82, 2.24) is 15.0 Å². The summed E-state index contributed by atoms with van der Waals surface area (Å²) >= 11 is 1.00. The maximum atomic E-state index is 14.1. The van der Waals surface area contributed by atoms with Crippen LogP contribution >= 0.6 is 11.3 Å². The van der Waals surface area contributed by atoms with Gasteiger partial charge in [0.1, 0.15) is 0 Å². The molecular formula is C23H31F2N3O4S2. The van der Waals surface area contributed by atoms with Crippen molar-refractivity contribution in [3.8, 4) is 10.4 Å². The van der Waals surface area contributed by atoms with Crippen molar-refractivity contribution >= 4 is 27.3 Å². The fourth-order valence-corrected chi connectivity index (χ4v) is 5.96. The Hall–Kier alpha value is -1.95. The molecule has 0 spiro atoms. The minimum Gasteiger partial charge on any atom is -0.389 e. The van der Waals surface area contributed by atoms with Gasteiger partial charge in [-0.05, 0) is 52.2 Å². The minimum atomic E-state index is -3.95. The molecule has 34 heavy (non-hydrogen) atoms. The van der Waals surface area contributed by atoms with Crippen molar-refractivity contribution in [3.63, 3.8) is 0 Å². The van der Waals surface area contributed by atoms with Crippen LogP contribution in [0.2, 0.25) is 0 Å². The molecule has 11 heteroatoms. The van der Waals surface area contributed by atoms with Gasteiger partial charge in [0.05, 0.1) is 21.1 Å². The van der Waals surface area contributed by atoms with Crippen LogP contribution in [0, 0.1) is 5.92 Å². The summed E-state index contributed by atoms with van der Waals surface area (Å²) in [5, 5.41) is 12.6. The first-order valence-electron chi connectivity index (χ1n) is 11.2. The molecule has 2 aromatic rings. The van der Waals surface area contributed by atoms with Crippen molar-refractivity contribution in [2.45, 2.75) is 76.3 Å². The van der Waals surface area contributed by atoms with Crippen LogP contribution in [0.15, 0.2) is 23.1 Å². The Morgan fingerprint density at radius 3 is 2.50 bits per heavy atom. The molecule has 1 amide bonds. The number of rotatable bonds is 10. The fourth-order valence-electron chi connectivity index (χ4n) is 3.61. The van der Waals surface area contributed by atoms with Crippen LogP contribution in [0.25, 0.3) is 10.4 Å². The van der Waals surface area contributed by atoms with E-state index in [1.807, 2.05) is 0 Å². The summed E-state index contributed by atoms with van der Waals surface area (Å²) in [6.07, 6.45) is 0.756. The standard InChI is InChI=1S/C23H31F2N3O4S2/c1-13(2)28-34(31,32)15-8-9-16(17(11-15)20(24)25)19-18(10-14-6-5-7-14)27-22(33-19)21(29)26-12-23(3,4)30/h8-9,11,13-14,20,28,30H,5-7,10,12H2,1-4H3,(H,26,29). The second-order valence-electron chi connectivity index (χ2n) is 9.62. The zero-order valence-electron chi connectivity index (χ0n) is 19.7. The van der Waals surface area contributed by atoms with Gasteiger partial charge >= 0.3 is 0 Å². The molecule has 1 heterocycles. The van der Waals surface area contributed by atoms with Crippen molar-refractivity contribution in [1.29, 1.82) is 0 Å². The van der Waals surface area contributed by atoms with Crippen molar-refractivity contribution in [3.05, 3.63) is 34.5 Å². The van der Waals surface area contributed by atoms with E-state index >= 15 is 0 Å². The molecule has 3 N–H and O–H groups in total. The minimum absolute atomic E-state index is 0.0103. The molecule has 0 aliphatic heterocycles. The number of amides is 1. The zero-order valence-corrected chi connectivity index (χ0v) is 21.3. The van der Waals surface area contributed by atoms with Gasteiger partial charge in [0.15, 0.2) is 5.01 Å². The van der Waals surface area contributed by atoms with E-state index in [1.165, 1.54) is 12.1 Å². The largest absolute Gasteiger partial charge is 0.389 e. The van der Waals surface area contributed by atoms with Crippen molar-refractivity contribution in [2.75, 3.05) is 6.54 Å². The van der Waals surface area contributed by atoms with Gasteiger partial charge in [-0.1, -0.05) is 25.3 Å². The number of nitrogens with zero attached hydrogens (tertiary/aromatic N) is 1. The summed E-state index contributed by atoms with van der Waals surface area (Å²) in [6, 6.07) is 3.27. The molecule has 0 bridgehead atoms. The summed E-state index contributed by atoms with van der Waals surface area (Å²) in [5.74, 6) is -0.120. The average Bonchev–Trinajstić information content (AvgIpc) is 3.10. The Morgan fingerprint density at radius 1 is 1.29 bits per heavy atom. The second kappa shape index (κ2) is 10.3. The highest BCUT2D eigenvalue weighted by Gasteiger charge is 2.28. The zero-order chi connectivity index (χ0) is 25.3. The molecule has 1 saturated carbocycles. The van der Waals surface area contributed by atoms with Crippen molar-refractivity contribution < 1.29 is 27.1 Å². The smallest absolute Gasteiger partial charge is 0.280 e. The van der Waals surface area contributed by atoms with Crippen LogP contribution in [-0.4, -0.2) is 42.6 Å². The summed E-state index contributed by atoms with van der Waals surface area (Å²) < 4.78 is 55.7. The van der Waals surface area contributed by atoms with E-state index in [4.69, 9.17) is 0 Å². The molecule has 0 unspecified atom stereocenters. The summed E-state index contributed by atoms with van der Waals surface area (Å²) in [7, 11) is -3.95. The first kappa shape index (κ1) is 26.7. The first-order chi connectivity index (χ1) is 15.8. The van der Waals surface area contributed by atoms with Gasteiger partial charge in [-0.3, -0.25) is 4.79 Å². The van der Waals surface area contributed by atoms with Gasteiger partial charge in [0, 0.05) is 23.7 Å². The number of aromatic nitrogens is 1. The Bertz CT molecular complexity index is 1140. The third kappa shape index (κ3) is 6.59. The lowest BCUT2D eigenvalue weighted by atomic mass is 9.81. The molecule has 7 nitrogen and oxygen atoms in total. The quantitative estimate of drug-likeness (QED) is 0.438. The lowest BCUT2D eigenvalue weighted by Gasteiger charge is -2.25. The van der Waals surface area contributed by atoms with Crippen LogP contribution in [0.4, 0.5) is 8.78 Å². The number of sulfonamides is 1. The number of thiazole rings is 1. The number of aliphatic hydroxyl groups is 1. The van der Waals surface area contributed by atoms with Gasteiger partial charge in [-0.2, -0.15) is 0 Å². The molecular weight excluding hydrogens is 484 g/mol. The average molecular weight is 516 g/mol. The van der Waals surface area contributed by atoms with Gasteiger partial charge in [0.2, 0.25) is 10.0 Å². The molecule has 188 valence electrons. The number of alkyl halides is 2. The Labute approximate surface area is 203 Å². The molecule has 3 rings (SSSR count). The van der Waals surface area contributed by atoms with E-state index in [1.54, 1.807) is 27.7 Å². The van der Waals surface area contributed by atoms with Crippen LogP contribution in [0.1, 0.15) is 74.4 Å². The van der Waals surface area contributed by atoms with E-state index in [0.29, 0.717) is 22.9 Å². The number of halogens is 2. The molecule has 1 aliphatic carbocycles. The Morgan fingerprint density at radius 2 is 1.97 bits per heavy atom. The van der Waals surface area contributed by atoms with Crippen LogP contribution in [-0.2, 0) is 16.4 Å². The molecule has 1 fully saturated rings. The first-order valence-corrected chi connectivity index (χ1v) is 13.5. The van der Waals surface area contributed by atoms with E-state index in [2.05, 4.69) is 15.0 Å². The third-order valence-electron chi connectivity index (χ3n) is 5.48. The highest BCUT2D eigenvalue weighted by Crippen LogP contribution is 2.40. The molecule has 1 aliphatic rings. The molecule has 1 aromatic carbocycles. The topological polar surface area (TPSA) is 108 Å². The number of carbonyl (C=O) groups excluding carboxylic acids is 1. The Kier molecular flexibility index (Phi) is 8.11. The number of carbonyl (C=O) groups is 1. The predicted molar refractivity (Wildman–Crippen MR) is 128 cm³/mol. The maximum absolute atomic E-state index is 14.1. The highest BCUT2D eigenvalue weighted by molar-refractivity contribution is 7.89. The van der Waals surface area contributed by atoms with Crippen LogP contribution in [0.5, 0.6) is 0 Å². The summed E-state index contributed by atoms with van der Waals surface area (Å²) in [5.41, 5.74) is -0.806. The predicted octanol–water partition coefficient (Wildman–Crippen LogP) is 4.28. The van der Waals surface area contributed by atoms with Gasteiger partial charge < -0.3 is 10.4 Å².